The van der Waals surface area contributed by atoms with Crippen molar-refractivity contribution < 1.29 is 0 Å². The summed E-state index contributed by atoms with van der Waals surface area (Å²) < 4.78 is 0. The Morgan fingerprint density at radius 3 is 1.89 bits per heavy atom. The molecule has 0 aliphatic rings. The molecule has 0 atom stereocenters. The predicted octanol–water partition coefficient (Wildman–Crippen LogP) is 1.44. The van der Waals surface area contributed by atoms with Gasteiger partial charge in [0.2, 0.25) is 0 Å². The summed E-state index contributed by atoms with van der Waals surface area (Å²) in [5.74, 6) is 0. The second-order valence-corrected chi connectivity index (χ2v) is 1.58. The molecule has 0 aromatic heterocycles. The number of halogens is 2. The SMILES string of the molecule is CCN=CN(C)C.Cl.Cl. The van der Waals surface area contributed by atoms with Crippen LogP contribution in [0.4, 0.5) is 0 Å². The molecule has 9 heavy (non-hydrogen) atoms. The van der Waals surface area contributed by atoms with E-state index in [1.54, 1.807) is 6.34 Å². The van der Waals surface area contributed by atoms with E-state index in [-0.39, 0.29) is 24.8 Å². The lowest BCUT2D eigenvalue weighted by atomic mass is 10.8. The molecular weight excluding hydrogens is 159 g/mol. The standard InChI is InChI=1S/C5H12N2.2ClH/c1-4-6-5-7(2)3;;/h5H,4H2,1-3H3;2*1H. The van der Waals surface area contributed by atoms with Crippen LogP contribution in [0.1, 0.15) is 6.92 Å². The molecule has 0 aliphatic carbocycles. The quantitative estimate of drug-likeness (QED) is 0.455. The van der Waals surface area contributed by atoms with E-state index < -0.39 is 0 Å². The molecule has 0 saturated carbocycles. The van der Waals surface area contributed by atoms with E-state index in [1.165, 1.54) is 0 Å². The van der Waals surface area contributed by atoms with Crippen LogP contribution < -0.4 is 0 Å². The predicted molar refractivity (Wildman–Crippen MR) is 47.2 cm³/mol. The lowest BCUT2D eigenvalue weighted by molar-refractivity contribution is 0.640. The van der Waals surface area contributed by atoms with Crippen molar-refractivity contribution in [2.45, 2.75) is 6.92 Å². The van der Waals surface area contributed by atoms with Gasteiger partial charge < -0.3 is 4.90 Å². The van der Waals surface area contributed by atoms with Gasteiger partial charge in [-0.05, 0) is 6.92 Å². The molecule has 0 radical (unpaired) electrons. The molecule has 0 saturated heterocycles. The van der Waals surface area contributed by atoms with Gasteiger partial charge in [-0.3, -0.25) is 4.99 Å². The molecule has 0 rings (SSSR count). The van der Waals surface area contributed by atoms with Crippen LogP contribution in [0.3, 0.4) is 0 Å². The Morgan fingerprint density at radius 2 is 1.78 bits per heavy atom. The zero-order valence-corrected chi connectivity index (χ0v) is 7.63. The lowest BCUT2D eigenvalue weighted by Gasteiger charge is -1.99. The van der Waals surface area contributed by atoms with E-state index in [2.05, 4.69) is 4.99 Å². The molecule has 0 aromatic carbocycles. The molecule has 2 nitrogen and oxygen atoms in total. The molecule has 0 spiro atoms. The van der Waals surface area contributed by atoms with Crippen molar-refractivity contribution in [3.05, 3.63) is 0 Å². The Balaban J connectivity index is -0.000000180. The van der Waals surface area contributed by atoms with E-state index in [9.17, 15) is 0 Å². The van der Waals surface area contributed by atoms with Crippen molar-refractivity contribution >= 4 is 31.2 Å². The van der Waals surface area contributed by atoms with Gasteiger partial charge in [0.15, 0.2) is 0 Å². The molecule has 0 N–H and O–H groups in total. The minimum Gasteiger partial charge on any atom is -0.369 e. The van der Waals surface area contributed by atoms with Crippen LogP contribution in [0.5, 0.6) is 0 Å². The molecule has 0 bridgehead atoms. The largest absolute Gasteiger partial charge is 0.369 e. The van der Waals surface area contributed by atoms with Gasteiger partial charge >= 0.3 is 0 Å². The summed E-state index contributed by atoms with van der Waals surface area (Å²) in [7, 11) is 3.92. The van der Waals surface area contributed by atoms with Gasteiger partial charge in [-0.1, -0.05) is 0 Å². The second kappa shape index (κ2) is 10.9. The second-order valence-electron chi connectivity index (χ2n) is 1.58. The maximum atomic E-state index is 3.97. The zero-order valence-electron chi connectivity index (χ0n) is 6.00. The maximum absolute atomic E-state index is 3.97. The Labute approximate surface area is 69.2 Å². The van der Waals surface area contributed by atoms with E-state index in [0.717, 1.165) is 6.54 Å². The van der Waals surface area contributed by atoms with Crippen molar-refractivity contribution in [1.82, 2.24) is 4.90 Å². The first-order valence-electron chi connectivity index (χ1n) is 2.43. The van der Waals surface area contributed by atoms with Gasteiger partial charge in [-0.2, -0.15) is 0 Å². The average molecular weight is 173 g/mol. The summed E-state index contributed by atoms with van der Waals surface area (Å²) in [6, 6.07) is 0. The molecule has 0 aliphatic heterocycles. The Kier molecular flexibility index (Phi) is 19.5. The normalized spacial score (nSPS) is 7.89. The monoisotopic (exact) mass is 172 g/mol. The number of hydrogen-bond acceptors (Lipinski definition) is 1. The van der Waals surface area contributed by atoms with Gasteiger partial charge in [-0.15, -0.1) is 24.8 Å². The third-order valence-corrected chi connectivity index (χ3v) is 0.495. The molecular formula is C5H14Cl2N2. The summed E-state index contributed by atoms with van der Waals surface area (Å²) >= 11 is 0. The topological polar surface area (TPSA) is 15.6 Å². The fourth-order valence-corrected chi connectivity index (χ4v) is 0.245. The number of hydrogen-bond donors (Lipinski definition) is 0. The van der Waals surface area contributed by atoms with Crippen LogP contribution >= 0.6 is 24.8 Å². The third kappa shape index (κ3) is 18.0. The smallest absolute Gasteiger partial charge is 0.0844 e. The van der Waals surface area contributed by atoms with Gasteiger partial charge in [0.1, 0.15) is 0 Å². The third-order valence-electron chi connectivity index (χ3n) is 0.495. The highest BCUT2D eigenvalue weighted by molar-refractivity contribution is 5.85. The highest BCUT2D eigenvalue weighted by atomic mass is 35.5. The molecule has 0 unspecified atom stereocenters. The Morgan fingerprint density at radius 1 is 1.33 bits per heavy atom. The molecule has 0 heterocycles. The zero-order chi connectivity index (χ0) is 5.70. The first kappa shape index (κ1) is 16.0. The highest BCUT2D eigenvalue weighted by Gasteiger charge is 1.70. The minimum atomic E-state index is 0. The molecule has 0 aromatic rings. The van der Waals surface area contributed by atoms with E-state index >= 15 is 0 Å². The summed E-state index contributed by atoms with van der Waals surface area (Å²) in [4.78, 5) is 5.89. The van der Waals surface area contributed by atoms with E-state index in [1.807, 2.05) is 25.9 Å². The maximum Gasteiger partial charge on any atom is 0.0844 e. The number of aliphatic imine (C=N–C) groups is 1. The summed E-state index contributed by atoms with van der Waals surface area (Å²) in [6.45, 7) is 2.89. The fraction of sp³-hybridized carbons (Fsp3) is 0.800. The summed E-state index contributed by atoms with van der Waals surface area (Å²) in [6.07, 6.45) is 1.81. The van der Waals surface area contributed by atoms with Crippen LogP contribution in [0.2, 0.25) is 0 Å². The van der Waals surface area contributed by atoms with Crippen LogP contribution in [-0.4, -0.2) is 31.9 Å². The van der Waals surface area contributed by atoms with Crippen molar-refractivity contribution in [3.8, 4) is 0 Å². The van der Waals surface area contributed by atoms with Gasteiger partial charge in [0, 0.05) is 20.6 Å². The van der Waals surface area contributed by atoms with Crippen LogP contribution in [0, 0.1) is 0 Å². The minimum absolute atomic E-state index is 0. The van der Waals surface area contributed by atoms with E-state index in [4.69, 9.17) is 0 Å². The van der Waals surface area contributed by atoms with Crippen LogP contribution in [0.15, 0.2) is 4.99 Å². The Hall–Kier alpha value is 0.0500. The number of rotatable bonds is 2. The van der Waals surface area contributed by atoms with Crippen LogP contribution in [0.25, 0.3) is 0 Å². The van der Waals surface area contributed by atoms with Gasteiger partial charge in [0.25, 0.3) is 0 Å². The molecule has 4 heteroatoms. The van der Waals surface area contributed by atoms with Gasteiger partial charge in [-0.25, -0.2) is 0 Å². The number of nitrogens with zero attached hydrogens (tertiary/aromatic N) is 2. The van der Waals surface area contributed by atoms with Crippen molar-refractivity contribution in [1.29, 1.82) is 0 Å². The molecule has 58 valence electrons. The fourth-order valence-electron chi connectivity index (χ4n) is 0.245. The van der Waals surface area contributed by atoms with Gasteiger partial charge in [0.05, 0.1) is 6.34 Å². The van der Waals surface area contributed by atoms with Crippen molar-refractivity contribution in [2.24, 2.45) is 4.99 Å². The highest BCUT2D eigenvalue weighted by Crippen LogP contribution is 1.65. The average Bonchev–Trinajstić information content (AvgIpc) is 1.61. The Bertz CT molecular complexity index is 64.0. The van der Waals surface area contributed by atoms with Crippen LogP contribution in [-0.2, 0) is 0 Å². The van der Waals surface area contributed by atoms with Crippen molar-refractivity contribution in [3.63, 3.8) is 0 Å². The summed E-state index contributed by atoms with van der Waals surface area (Å²) in [5, 5.41) is 0. The van der Waals surface area contributed by atoms with E-state index in [0.29, 0.717) is 0 Å². The lowest BCUT2D eigenvalue weighted by Crippen LogP contribution is -2.07. The molecule has 0 amide bonds. The molecule has 0 fully saturated rings. The summed E-state index contributed by atoms with van der Waals surface area (Å²) in [5.41, 5.74) is 0. The first-order chi connectivity index (χ1) is 3.27. The van der Waals surface area contributed by atoms with Crippen molar-refractivity contribution in [2.75, 3.05) is 20.6 Å². The first-order valence-corrected chi connectivity index (χ1v) is 2.43.